The van der Waals surface area contributed by atoms with Crippen molar-refractivity contribution in [3.8, 4) is 0 Å². The lowest BCUT2D eigenvalue weighted by Crippen LogP contribution is -2.33. The van der Waals surface area contributed by atoms with Crippen molar-refractivity contribution in [3.63, 3.8) is 0 Å². The first kappa shape index (κ1) is 11.8. The van der Waals surface area contributed by atoms with Gasteiger partial charge in [0.1, 0.15) is 0 Å². The van der Waals surface area contributed by atoms with Gasteiger partial charge in [-0.25, -0.2) is 0 Å². The van der Waals surface area contributed by atoms with Gasteiger partial charge in [-0.2, -0.15) is 0 Å². The highest BCUT2D eigenvalue weighted by Gasteiger charge is 2.28. The van der Waals surface area contributed by atoms with E-state index in [0.717, 1.165) is 12.8 Å². The van der Waals surface area contributed by atoms with Gasteiger partial charge in [-0.15, -0.1) is 0 Å². The van der Waals surface area contributed by atoms with Crippen LogP contribution in [0.25, 0.3) is 0 Å². The molecule has 0 radical (unpaired) electrons. The summed E-state index contributed by atoms with van der Waals surface area (Å²) in [5.74, 6) is 0. The average Bonchev–Trinajstić information content (AvgIpc) is 2.14. The maximum Gasteiger partial charge on any atom is 0.503 e. The number of hydrogen-bond acceptors (Lipinski definition) is 2. The van der Waals surface area contributed by atoms with Crippen molar-refractivity contribution in [2.45, 2.75) is 37.9 Å². The molecule has 2 atom stereocenters. The molecule has 0 heterocycles. The van der Waals surface area contributed by atoms with Gasteiger partial charge in [0.25, 0.3) is 0 Å². The minimum Gasteiger partial charge on any atom is -0.447 e. The average molecular weight is 211 g/mol. The molecule has 84 valence electrons. The number of hydrogen-bond donors (Lipinski definition) is 0. The molecule has 0 bridgehead atoms. The van der Waals surface area contributed by atoms with Crippen LogP contribution >= 0.6 is 0 Å². The van der Waals surface area contributed by atoms with Gasteiger partial charge in [0, 0.05) is 13.6 Å². The second-order valence-electron chi connectivity index (χ2n) is 3.69. The van der Waals surface area contributed by atoms with Crippen molar-refractivity contribution in [1.29, 1.82) is 0 Å². The highest BCUT2D eigenvalue weighted by atomic mass is 19.4. The lowest BCUT2D eigenvalue weighted by atomic mass is 9.92. The second-order valence-corrected chi connectivity index (χ2v) is 3.69. The minimum atomic E-state index is -4.81. The smallest absolute Gasteiger partial charge is 0.447 e. The summed E-state index contributed by atoms with van der Waals surface area (Å²) in [6, 6.07) is 0. The summed E-state index contributed by atoms with van der Waals surface area (Å²) in [5.41, 5.74) is 0. The zero-order valence-corrected chi connectivity index (χ0v) is 8.22. The van der Waals surface area contributed by atoms with Crippen molar-refractivity contribution < 1.29 is 22.4 Å². The van der Waals surface area contributed by atoms with Crippen LogP contribution in [0, 0.1) is 0 Å². The molecule has 2 unspecified atom stereocenters. The van der Waals surface area contributed by atoms with Crippen LogP contribution < -0.4 is 0 Å². The van der Waals surface area contributed by atoms with Gasteiger partial charge >= 0.3 is 6.98 Å². The van der Waals surface area contributed by atoms with E-state index in [-0.39, 0.29) is 12.2 Å². The summed E-state index contributed by atoms with van der Waals surface area (Å²) in [7, 11) is 1.58. The van der Waals surface area contributed by atoms with Gasteiger partial charge in [-0.05, 0) is 25.7 Å². The van der Waals surface area contributed by atoms with E-state index in [1.165, 1.54) is 0 Å². The third-order valence-electron chi connectivity index (χ3n) is 2.43. The molecule has 0 N–H and O–H groups in total. The van der Waals surface area contributed by atoms with Gasteiger partial charge < -0.3 is 22.4 Å². The van der Waals surface area contributed by atoms with Crippen LogP contribution in [0.2, 0.25) is 0 Å². The molecular formula is C8H15BF3O2-. The van der Waals surface area contributed by atoms with Crippen LogP contribution in [0.5, 0.6) is 0 Å². The molecule has 6 heteroatoms. The summed E-state index contributed by atoms with van der Waals surface area (Å²) in [6.45, 7) is -5.90. The summed E-state index contributed by atoms with van der Waals surface area (Å²) in [4.78, 5) is 0. The summed E-state index contributed by atoms with van der Waals surface area (Å²) < 4.78 is 45.6. The molecule has 0 aliphatic heterocycles. The predicted octanol–water partition coefficient (Wildman–Crippen LogP) is 2.35. The molecular weight excluding hydrogens is 196 g/mol. The van der Waals surface area contributed by atoms with E-state index in [4.69, 9.17) is 9.47 Å². The fraction of sp³-hybridized carbons (Fsp3) is 1.00. The largest absolute Gasteiger partial charge is 0.503 e. The van der Waals surface area contributed by atoms with Crippen LogP contribution in [-0.2, 0) is 9.47 Å². The quantitative estimate of drug-likeness (QED) is 0.664. The molecule has 0 aromatic carbocycles. The Morgan fingerprint density at radius 1 is 1.21 bits per heavy atom. The Labute approximate surface area is 81.8 Å². The number of halogens is 3. The fourth-order valence-electron chi connectivity index (χ4n) is 1.71. The van der Waals surface area contributed by atoms with E-state index in [2.05, 4.69) is 0 Å². The van der Waals surface area contributed by atoms with Gasteiger partial charge in [0.15, 0.2) is 0 Å². The zero-order chi connectivity index (χ0) is 10.6. The molecule has 2 nitrogen and oxygen atoms in total. The Kier molecular flexibility index (Phi) is 4.25. The Balaban J connectivity index is 2.24. The third kappa shape index (κ3) is 4.33. The standard InChI is InChI=1S/C8H15BF3O2/c1-13-7-3-2-4-8(5-7)14-6-9(10,11)12/h7-8H,2-6H2,1H3/q-1. The molecule has 0 saturated heterocycles. The van der Waals surface area contributed by atoms with Gasteiger partial charge in [-0.3, -0.25) is 0 Å². The first-order valence-electron chi connectivity index (χ1n) is 4.86. The highest BCUT2D eigenvalue weighted by molar-refractivity contribution is 6.58. The molecule has 14 heavy (non-hydrogen) atoms. The van der Waals surface area contributed by atoms with E-state index in [1.54, 1.807) is 7.11 Å². The van der Waals surface area contributed by atoms with Crippen molar-refractivity contribution >= 4 is 6.98 Å². The molecule has 1 saturated carbocycles. The van der Waals surface area contributed by atoms with Crippen LogP contribution in [0.4, 0.5) is 12.9 Å². The summed E-state index contributed by atoms with van der Waals surface area (Å²) >= 11 is 0. The first-order valence-corrected chi connectivity index (χ1v) is 4.86. The number of methoxy groups -OCH3 is 1. The highest BCUT2D eigenvalue weighted by Crippen LogP contribution is 2.24. The van der Waals surface area contributed by atoms with Gasteiger partial charge in [-0.1, -0.05) is 0 Å². The lowest BCUT2D eigenvalue weighted by Gasteiger charge is -2.29. The Morgan fingerprint density at radius 3 is 2.43 bits per heavy atom. The Morgan fingerprint density at radius 2 is 1.86 bits per heavy atom. The van der Waals surface area contributed by atoms with E-state index < -0.39 is 13.5 Å². The summed E-state index contributed by atoms with van der Waals surface area (Å²) in [5, 5.41) is 0. The maximum absolute atomic E-state index is 11.9. The van der Waals surface area contributed by atoms with Crippen LogP contribution in [0.1, 0.15) is 25.7 Å². The van der Waals surface area contributed by atoms with Crippen molar-refractivity contribution in [2.75, 3.05) is 13.6 Å². The SMILES string of the molecule is COC1CCCC(OC[B-](F)(F)F)C1. The zero-order valence-electron chi connectivity index (χ0n) is 8.22. The maximum atomic E-state index is 11.9. The minimum absolute atomic E-state index is 0.0643. The normalized spacial score (nSPS) is 29.1. The van der Waals surface area contributed by atoms with Crippen molar-refractivity contribution in [2.24, 2.45) is 0 Å². The van der Waals surface area contributed by atoms with E-state index in [1.807, 2.05) is 0 Å². The molecule has 0 spiro atoms. The monoisotopic (exact) mass is 211 g/mol. The van der Waals surface area contributed by atoms with E-state index in [0.29, 0.717) is 12.8 Å². The number of rotatable bonds is 4. The van der Waals surface area contributed by atoms with E-state index in [9.17, 15) is 12.9 Å². The van der Waals surface area contributed by atoms with Crippen molar-refractivity contribution in [1.82, 2.24) is 0 Å². The lowest BCUT2D eigenvalue weighted by molar-refractivity contribution is -0.0216. The van der Waals surface area contributed by atoms with Gasteiger partial charge in [0.2, 0.25) is 0 Å². The fourth-order valence-corrected chi connectivity index (χ4v) is 1.71. The Hall–Kier alpha value is -0.225. The van der Waals surface area contributed by atoms with Crippen molar-refractivity contribution in [3.05, 3.63) is 0 Å². The summed E-state index contributed by atoms with van der Waals surface area (Å²) in [6.07, 6.45) is 2.89. The van der Waals surface area contributed by atoms with Gasteiger partial charge in [0.05, 0.1) is 12.2 Å². The molecule has 0 amide bonds. The first-order chi connectivity index (χ1) is 6.51. The molecule has 1 fully saturated rings. The molecule has 1 aliphatic carbocycles. The van der Waals surface area contributed by atoms with E-state index >= 15 is 0 Å². The molecule has 0 aromatic rings. The molecule has 1 rings (SSSR count). The topological polar surface area (TPSA) is 18.5 Å². The predicted molar refractivity (Wildman–Crippen MR) is 48.1 cm³/mol. The molecule has 0 aromatic heterocycles. The third-order valence-corrected chi connectivity index (χ3v) is 2.43. The van der Waals surface area contributed by atoms with Crippen LogP contribution in [0.3, 0.4) is 0 Å². The van der Waals surface area contributed by atoms with Crippen LogP contribution in [0.15, 0.2) is 0 Å². The Bertz CT molecular complexity index is 174. The second kappa shape index (κ2) is 5.02. The van der Waals surface area contributed by atoms with Crippen LogP contribution in [-0.4, -0.2) is 32.8 Å². The molecule has 1 aliphatic rings. The number of ether oxygens (including phenoxy) is 2.